The highest BCUT2D eigenvalue weighted by Crippen LogP contribution is 2.36. The number of hydrogen-bond donors (Lipinski definition) is 0. The Kier molecular flexibility index (Phi) is 4.52. The van der Waals surface area contributed by atoms with Crippen LogP contribution < -0.4 is 0 Å². The van der Waals surface area contributed by atoms with Crippen LogP contribution in [-0.2, 0) is 19.7 Å². The first kappa shape index (κ1) is 19.6. The Balaban J connectivity index is 1.85. The molecule has 0 radical (unpaired) electrons. The van der Waals surface area contributed by atoms with Crippen LogP contribution in [0.4, 0.5) is 0 Å². The van der Waals surface area contributed by atoms with Crippen molar-refractivity contribution < 1.29 is 16.8 Å². The van der Waals surface area contributed by atoms with Gasteiger partial charge in [0.15, 0.2) is 23.8 Å². The summed E-state index contributed by atoms with van der Waals surface area (Å²) < 4.78 is 51.6. The van der Waals surface area contributed by atoms with E-state index in [1.54, 1.807) is 24.3 Å². The highest BCUT2D eigenvalue weighted by atomic mass is 32.3. The Morgan fingerprint density at radius 3 is 1.24 bits per heavy atom. The molecular weight excluding hydrogens is 404 g/mol. The maximum absolute atomic E-state index is 13.4. The minimum atomic E-state index is -4.18. The average Bonchev–Trinajstić information content (AvgIpc) is 2.72. The number of hydrogen-bond acceptors (Lipinski definition) is 4. The van der Waals surface area contributed by atoms with Crippen molar-refractivity contribution in [1.29, 1.82) is 0 Å². The van der Waals surface area contributed by atoms with E-state index in [2.05, 4.69) is 0 Å². The normalized spacial score (nSPS) is 13.0. The number of benzene rings is 4. The molecule has 29 heavy (non-hydrogen) atoms. The highest BCUT2D eigenvalue weighted by Gasteiger charge is 2.48. The molecule has 0 bridgehead atoms. The molecular formula is C23H20O4S2. The molecule has 0 N–H and O–H groups in total. The molecule has 0 aliphatic carbocycles. The molecule has 0 saturated carbocycles. The lowest BCUT2D eigenvalue weighted by Gasteiger charge is -2.25. The summed E-state index contributed by atoms with van der Waals surface area (Å²) in [5.74, 6) is 0. The summed E-state index contributed by atoms with van der Waals surface area (Å²) in [6.45, 7) is 2.50. The Morgan fingerprint density at radius 1 is 0.517 bits per heavy atom. The van der Waals surface area contributed by atoms with Gasteiger partial charge in [-0.2, -0.15) is 0 Å². The zero-order valence-electron chi connectivity index (χ0n) is 16.0. The van der Waals surface area contributed by atoms with E-state index < -0.39 is 23.8 Å². The smallest absolute Gasteiger partial charge is 0.198 e. The summed E-state index contributed by atoms with van der Waals surface area (Å²) in [7, 11) is -8.35. The van der Waals surface area contributed by atoms with Gasteiger partial charge in [0.1, 0.15) is 0 Å². The predicted octanol–water partition coefficient (Wildman–Crippen LogP) is 4.98. The summed E-state index contributed by atoms with van der Waals surface area (Å²) in [5, 5.41) is 3.27. The van der Waals surface area contributed by atoms with Crippen molar-refractivity contribution in [2.24, 2.45) is 0 Å². The molecule has 6 heteroatoms. The molecule has 0 unspecified atom stereocenters. The Hall–Kier alpha value is -2.70. The maximum Gasteiger partial charge on any atom is 0.198 e. The Labute approximate surface area is 170 Å². The van der Waals surface area contributed by atoms with Gasteiger partial charge in [-0.15, -0.1) is 0 Å². The molecule has 0 aromatic heterocycles. The summed E-state index contributed by atoms with van der Waals surface area (Å²) in [4.78, 5) is -0.0175. The van der Waals surface area contributed by atoms with Crippen LogP contribution in [0, 0.1) is 0 Å². The molecule has 0 heterocycles. The Bertz CT molecular complexity index is 1340. The van der Waals surface area contributed by atoms with Crippen molar-refractivity contribution in [1.82, 2.24) is 0 Å². The van der Waals surface area contributed by atoms with E-state index in [4.69, 9.17) is 0 Å². The van der Waals surface area contributed by atoms with Crippen LogP contribution in [0.3, 0.4) is 0 Å². The molecule has 4 rings (SSSR count). The standard InChI is InChI=1S/C23H20O4S2/c1-23(2,28(24,25)21-13-11-17-7-3-5-9-19(17)15-21)29(26,27)22-14-12-18-8-4-6-10-20(18)16-22/h3-16H,1-2H3. The second-order valence-electron chi connectivity index (χ2n) is 7.42. The van der Waals surface area contributed by atoms with Crippen LogP contribution in [0.2, 0.25) is 0 Å². The fourth-order valence-corrected chi connectivity index (χ4v) is 7.31. The molecule has 4 nitrogen and oxygen atoms in total. The van der Waals surface area contributed by atoms with Crippen LogP contribution in [0.5, 0.6) is 0 Å². The molecule has 4 aromatic rings. The third-order valence-corrected chi connectivity index (χ3v) is 11.0. The first-order valence-corrected chi connectivity index (χ1v) is 12.1. The SMILES string of the molecule is CC(C)(S(=O)(=O)c1ccc2ccccc2c1)S(=O)(=O)c1ccc2ccccc2c1. The molecule has 148 valence electrons. The molecule has 0 atom stereocenters. The van der Waals surface area contributed by atoms with Gasteiger partial charge in [-0.3, -0.25) is 0 Å². The minimum Gasteiger partial charge on any atom is -0.222 e. The van der Waals surface area contributed by atoms with E-state index in [9.17, 15) is 16.8 Å². The molecule has 0 fully saturated rings. The summed E-state index contributed by atoms with van der Waals surface area (Å²) in [6.07, 6.45) is 0. The highest BCUT2D eigenvalue weighted by molar-refractivity contribution is 8.10. The topological polar surface area (TPSA) is 68.3 Å². The van der Waals surface area contributed by atoms with Crippen LogP contribution in [0.1, 0.15) is 13.8 Å². The lowest BCUT2D eigenvalue weighted by Crippen LogP contribution is -2.40. The lowest BCUT2D eigenvalue weighted by atomic mass is 10.1. The first-order chi connectivity index (χ1) is 13.6. The van der Waals surface area contributed by atoms with Crippen LogP contribution in [0.15, 0.2) is 94.7 Å². The monoisotopic (exact) mass is 424 g/mol. The van der Waals surface area contributed by atoms with Crippen molar-refractivity contribution in [2.45, 2.75) is 27.7 Å². The fraction of sp³-hybridized carbons (Fsp3) is 0.130. The van der Waals surface area contributed by atoms with Gasteiger partial charge < -0.3 is 0 Å². The van der Waals surface area contributed by atoms with E-state index >= 15 is 0 Å². The van der Waals surface area contributed by atoms with Crippen molar-refractivity contribution in [3.05, 3.63) is 84.9 Å². The van der Waals surface area contributed by atoms with E-state index in [0.717, 1.165) is 21.5 Å². The van der Waals surface area contributed by atoms with Gasteiger partial charge in [0.2, 0.25) is 0 Å². The molecule has 0 spiro atoms. The van der Waals surface area contributed by atoms with Gasteiger partial charge in [-0.1, -0.05) is 60.7 Å². The quantitative estimate of drug-likeness (QED) is 0.463. The lowest BCUT2D eigenvalue weighted by molar-refractivity contribution is 0.555. The second-order valence-corrected chi connectivity index (χ2v) is 12.7. The number of rotatable bonds is 4. The molecule has 0 aliphatic rings. The van der Waals surface area contributed by atoms with Crippen LogP contribution in [0.25, 0.3) is 21.5 Å². The van der Waals surface area contributed by atoms with Gasteiger partial charge in [0.05, 0.1) is 9.79 Å². The largest absolute Gasteiger partial charge is 0.222 e. The van der Waals surface area contributed by atoms with Crippen molar-refractivity contribution in [3.8, 4) is 0 Å². The predicted molar refractivity (Wildman–Crippen MR) is 116 cm³/mol. The zero-order valence-corrected chi connectivity index (χ0v) is 17.7. The summed E-state index contributed by atoms with van der Waals surface area (Å²) in [6, 6.07) is 24.1. The van der Waals surface area contributed by atoms with E-state index in [1.165, 1.54) is 38.1 Å². The van der Waals surface area contributed by atoms with Crippen molar-refractivity contribution >= 4 is 41.2 Å². The first-order valence-electron chi connectivity index (χ1n) is 9.11. The van der Waals surface area contributed by atoms with Crippen LogP contribution >= 0.6 is 0 Å². The summed E-state index contributed by atoms with van der Waals surface area (Å²) in [5.41, 5.74) is 0. The fourth-order valence-electron chi connectivity index (χ4n) is 3.38. The van der Waals surface area contributed by atoms with Gasteiger partial charge in [0, 0.05) is 0 Å². The maximum atomic E-state index is 13.4. The number of fused-ring (bicyclic) bond motifs is 2. The molecule has 0 aliphatic heterocycles. The molecule has 0 saturated heterocycles. The average molecular weight is 425 g/mol. The number of sulfone groups is 2. The molecule has 0 amide bonds. The van der Waals surface area contributed by atoms with Crippen LogP contribution in [-0.4, -0.2) is 20.9 Å². The third kappa shape index (κ3) is 3.03. The van der Waals surface area contributed by atoms with Gasteiger partial charge >= 0.3 is 0 Å². The van der Waals surface area contributed by atoms with Crippen molar-refractivity contribution in [2.75, 3.05) is 0 Å². The van der Waals surface area contributed by atoms with E-state index in [1.807, 2.05) is 36.4 Å². The van der Waals surface area contributed by atoms with E-state index in [-0.39, 0.29) is 9.79 Å². The third-order valence-electron chi connectivity index (χ3n) is 5.36. The van der Waals surface area contributed by atoms with Gasteiger partial charge in [0.25, 0.3) is 0 Å². The van der Waals surface area contributed by atoms with Gasteiger partial charge in [-0.05, 0) is 59.7 Å². The van der Waals surface area contributed by atoms with Crippen molar-refractivity contribution in [3.63, 3.8) is 0 Å². The van der Waals surface area contributed by atoms with E-state index in [0.29, 0.717) is 0 Å². The minimum absolute atomic E-state index is 0.00874. The summed E-state index contributed by atoms with van der Waals surface area (Å²) >= 11 is 0. The zero-order chi connectivity index (χ0) is 20.9. The Morgan fingerprint density at radius 2 is 0.862 bits per heavy atom. The van der Waals surface area contributed by atoms with Gasteiger partial charge in [-0.25, -0.2) is 16.8 Å². The molecule has 4 aromatic carbocycles. The second kappa shape index (κ2) is 6.68.